The van der Waals surface area contributed by atoms with Crippen molar-refractivity contribution in [2.24, 2.45) is 5.73 Å². The van der Waals surface area contributed by atoms with Crippen LogP contribution in [0, 0.1) is 0 Å². The van der Waals surface area contributed by atoms with Crippen LogP contribution in [-0.4, -0.2) is 25.2 Å². The lowest BCUT2D eigenvalue weighted by atomic mass is 10.1. The van der Waals surface area contributed by atoms with E-state index < -0.39 is 15.1 Å². The SMILES string of the molecule is CC(CN)S(=O)(=O)Cc1ccc2ncccc2c1. The second-order valence-corrected chi connectivity index (χ2v) is 6.80. The van der Waals surface area contributed by atoms with Gasteiger partial charge in [0, 0.05) is 18.1 Å². The first-order valence-corrected chi connectivity index (χ1v) is 7.50. The first-order chi connectivity index (χ1) is 8.53. The Balaban J connectivity index is 2.33. The molecular formula is C13H16N2O2S. The van der Waals surface area contributed by atoms with E-state index in [1.165, 1.54) is 0 Å². The van der Waals surface area contributed by atoms with E-state index in [9.17, 15) is 8.42 Å². The van der Waals surface area contributed by atoms with Crippen molar-refractivity contribution in [3.63, 3.8) is 0 Å². The van der Waals surface area contributed by atoms with Gasteiger partial charge in [0.1, 0.15) is 0 Å². The molecule has 1 atom stereocenters. The van der Waals surface area contributed by atoms with E-state index in [1.54, 1.807) is 19.2 Å². The Bertz CT molecular complexity index is 653. The van der Waals surface area contributed by atoms with Gasteiger partial charge in [-0.3, -0.25) is 4.98 Å². The van der Waals surface area contributed by atoms with E-state index in [-0.39, 0.29) is 12.3 Å². The van der Waals surface area contributed by atoms with Gasteiger partial charge in [-0.15, -0.1) is 0 Å². The van der Waals surface area contributed by atoms with E-state index in [0.717, 1.165) is 16.5 Å². The minimum Gasteiger partial charge on any atom is -0.329 e. The molecule has 0 amide bonds. The molecule has 0 saturated carbocycles. The molecule has 1 aromatic heterocycles. The monoisotopic (exact) mass is 264 g/mol. The molecule has 18 heavy (non-hydrogen) atoms. The molecule has 4 nitrogen and oxygen atoms in total. The fourth-order valence-corrected chi connectivity index (χ4v) is 2.96. The van der Waals surface area contributed by atoms with Crippen LogP contribution in [0.5, 0.6) is 0 Å². The maximum absolute atomic E-state index is 12.0. The van der Waals surface area contributed by atoms with Crippen LogP contribution in [0.2, 0.25) is 0 Å². The number of hydrogen-bond donors (Lipinski definition) is 1. The highest BCUT2D eigenvalue weighted by atomic mass is 32.2. The molecular weight excluding hydrogens is 248 g/mol. The Labute approximate surface area is 107 Å². The third-order valence-corrected chi connectivity index (χ3v) is 5.13. The van der Waals surface area contributed by atoms with Gasteiger partial charge in [-0.05, 0) is 30.7 Å². The van der Waals surface area contributed by atoms with Gasteiger partial charge in [0.25, 0.3) is 0 Å². The lowest BCUT2D eigenvalue weighted by molar-refractivity contribution is 0.583. The molecule has 0 fully saturated rings. The van der Waals surface area contributed by atoms with Crippen molar-refractivity contribution in [1.29, 1.82) is 0 Å². The van der Waals surface area contributed by atoms with Crippen molar-refractivity contribution in [3.05, 3.63) is 42.1 Å². The zero-order chi connectivity index (χ0) is 13.2. The van der Waals surface area contributed by atoms with Crippen molar-refractivity contribution in [2.75, 3.05) is 6.54 Å². The molecule has 1 heterocycles. The Morgan fingerprint density at radius 2 is 2.11 bits per heavy atom. The van der Waals surface area contributed by atoms with Crippen molar-refractivity contribution < 1.29 is 8.42 Å². The number of sulfone groups is 1. The second kappa shape index (κ2) is 5.04. The van der Waals surface area contributed by atoms with Gasteiger partial charge >= 0.3 is 0 Å². The number of hydrogen-bond acceptors (Lipinski definition) is 4. The summed E-state index contributed by atoms with van der Waals surface area (Å²) in [7, 11) is -3.18. The molecule has 0 aliphatic heterocycles. The zero-order valence-electron chi connectivity index (χ0n) is 10.2. The predicted molar refractivity (Wildman–Crippen MR) is 72.9 cm³/mol. The molecule has 0 saturated heterocycles. The molecule has 0 spiro atoms. The van der Waals surface area contributed by atoms with Gasteiger partial charge < -0.3 is 5.73 Å². The Morgan fingerprint density at radius 3 is 2.83 bits per heavy atom. The molecule has 1 aromatic carbocycles. The number of fused-ring (bicyclic) bond motifs is 1. The van der Waals surface area contributed by atoms with Gasteiger partial charge in [-0.25, -0.2) is 8.42 Å². The summed E-state index contributed by atoms with van der Waals surface area (Å²) in [4.78, 5) is 4.20. The smallest absolute Gasteiger partial charge is 0.158 e. The Hall–Kier alpha value is -1.46. The first kappa shape index (κ1) is 13.0. The summed E-state index contributed by atoms with van der Waals surface area (Å²) in [6, 6.07) is 9.26. The fraction of sp³-hybridized carbons (Fsp3) is 0.308. The van der Waals surface area contributed by atoms with Gasteiger partial charge in [0.05, 0.1) is 16.5 Å². The van der Waals surface area contributed by atoms with Crippen molar-refractivity contribution in [3.8, 4) is 0 Å². The summed E-state index contributed by atoms with van der Waals surface area (Å²) in [6.07, 6.45) is 1.72. The van der Waals surface area contributed by atoms with Gasteiger partial charge in [0.2, 0.25) is 0 Å². The topological polar surface area (TPSA) is 73.1 Å². The quantitative estimate of drug-likeness (QED) is 0.908. The molecule has 96 valence electrons. The molecule has 0 radical (unpaired) electrons. The highest BCUT2D eigenvalue weighted by molar-refractivity contribution is 7.91. The van der Waals surface area contributed by atoms with E-state index in [4.69, 9.17) is 5.73 Å². The van der Waals surface area contributed by atoms with Crippen LogP contribution in [0.4, 0.5) is 0 Å². The predicted octanol–water partition coefficient (Wildman–Crippen LogP) is 1.50. The number of nitrogens with two attached hydrogens (primary N) is 1. The third kappa shape index (κ3) is 2.68. The molecule has 0 aliphatic carbocycles. The summed E-state index contributed by atoms with van der Waals surface area (Å²) in [5.41, 5.74) is 7.05. The lowest BCUT2D eigenvalue weighted by Crippen LogP contribution is -2.27. The van der Waals surface area contributed by atoms with Gasteiger partial charge in [-0.1, -0.05) is 12.1 Å². The maximum atomic E-state index is 12.0. The molecule has 0 aliphatic rings. The van der Waals surface area contributed by atoms with Gasteiger partial charge in [0.15, 0.2) is 9.84 Å². The normalized spacial score (nSPS) is 13.7. The highest BCUT2D eigenvalue weighted by Gasteiger charge is 2.19. The number of aromatic nitrogens is 1. The minimum atomic E-state index is -3.18. The van der Waals surface area contributed by atoms with Crippen molar-refractivity contribution >= 4 is 20.7 Å². The summed E-state index contributed by atoms with van der Waals surface area (Å²) in [5.74, 6) is 0.0240. The molecule has 5 heteroatoms. The molecule has 2 aromatic rings. The first-order valence-electron chi connectivity index (χ1n) is 5.78. The zero-order valence-corrected chi connectivity index (χ0v) is 11.0. The summed E-state index contributed by atoms with van der Waals surface area (Å²) >= 11 is 0. The standard InChI is InChI=1S/C13H16N2O2S/c1-10(8-14)18(16,17)9-11-4-5-13-12(7-11)3-2-6-15-13/h2-7,10H,8-9,14H2,1H3. The third-order valence-electron chi connectivity index (χ3n) is 2.98. The number of rotatable bonds is 4. The number of pyridine rings is 1. The summed E-state index contributed by atoms with van der Waals surface area (Å²) in [6.45, 7) is 1.79. The van der Waals surface area contributed by atoms with Crippen LogP contribution >= 0.6 is 0 Å². The van der Waals surface area contributed by atoms with E-state index in [1.807, 2.05) is 24.3 Å². The summed E-state index contributed by atoms with van der Waals surface area (Å²) in [5, 5.41) is 0.438. The van der Waals surface area contributed by atoms with Crippen LogP contribution in [-0.2, 0) is 15.6 Å². The second-order valence-electron chi connectivity index (χ2n) is 4.38. The molecule has 2 N–H and O–H groups in total. The van der Waals surface area contributed by atoms with Crippen LogP contribution in [0.3, 0.4) is 0 Å². The van der Waals surface area contributed by atoms with Gasteiger partial charge in [-0.2, -0.15) is 0 Å². The number of benzene rings is 1. The van der Waals surface area contributed by atoms with E-state index >= 15 is 0 Å². The van der Waals surface area contributed by atoms with E-state index in [0.29, 0.717) is 0 Å². The Morgan fingerprint density at radius 1 is 1.33 bits per heavy atom. The molecule has 2 rings (SSSR count). The van der Waals surface area contributed by atoms with Crippen LogP contribution in [0.15, 0.2) is 36.5 Å². The van der Waals surface area contributed by atoms with Crippen LogP contribution in [0.1, 0.15) is 12.5 Å². The van der Waals surface area contributed by atoms with Crippen molar-refractivity contribution in [1.82, 2.24) is 4.98 Å². The van der Waals surface area contributed by atoms with Crippen LogP contribution < -0.4 is 5.73 Å². The average Bonchev–Trinajstić information content (AvgIpc) is 2.37. The Kier molecular flexibility index (Phi) is 3.63. The van der Waals surface area contributed by atoms with E-state index in [2.05, 4.69) is 4.98 Å². The summed E-state index contributed by atoms with van der Waals surface area (Å²) < 4.78 is 23.9. The lowest BCUT2D eigenvalue weighted by Gasteiger charge is -2.10. The molecule has 0 bridgehead atoms. The molecule has 1 unspecified atom stereocenters. The van der Waals surface area contributed by atoms with Crippen LogP contribution in [0.25, 0.3) is 10.9 Å². The average molecular weight is 264 g/mol. The van der Waals surface area contributed by atoms with Crippen molar-refractivity contribution in [2.45, 2.75) is 17.9 Å². The number of nitrogens with zero attached hydrogens (tertiary/aromatic N) is 1. The maximum Gasteiger partial charge on any atom is 0.158 e. The largest absolute Gasteiger partial charge is 0.329 e. The highest BCUT2D eigenvalue weighted by Crippen LogP contribution is 2.17. The minimum absolute atomic E-state index is 0.0240. The fourth-order valence-electron chi connectivity index (χ4n) is 1.74.